The van der Waals surface area contributed by atoms with Crippen LogP contribution in [0.5, 0.6) is 11.5 Å². The number of aliphatic hydroxyl groups is 3. The molecule has 1 aliphatic rings. The molecule has 0 radical (unpaired) electrons. The van der Waals surface area contributed by atoms with E-state index >= 15 is 0 Å². The van der Waals surface area contributed by atoms with Crippen LogP contribution in [0.4, 0.5) is 0 Å². The van der Waals surface area contributed by atoms with Crippen molar-refractivity contribution in [3.8, 4) is 11.5 Å². The summed E-state index contributed by atoms with van der Waals surface area (Å²) in [6.45, 7) is 0. The first-order valence-corrected chi connectivity index (χ1v) is 7.74. The van der Waals surface area contributed by atoms with E-state index in [1.807, 2.05) is 0 Å². The van der Waals surface area contributed by atoms with E-state index in [0.717, 1.165) is 13.2 Å². The molecule has 9 heteroatoms. The molecule has 9 nitrogen and oxygen atoms in total. The Labute approximate surface area is 148 Å². The average Bonchev–Trinajstić information content (AvgIpc) is 2.59. The van der Waals surface area contributed by atoms with Crippen molar-refractivity contribution in [3.63, 3.8) is 0 Å². The molecule has 5 N–H and O–H groups in total. The van der Waals surface area contributed by atoms with Gasteiger partial charge < -0.3 is 35.0 Å². The second kappa shape index (κ2) is 7.73. The number of esters is 2. The third-order valence-electron chi connectivity index (χ3n) is 4.11. The molecule has 0 aromatic heterocycles. The molecule has 0 heterocycles. The van der Waals surface area contributed by atoms with Crippen molar-refractivity contribution in [2.45, 2.75) is 36.8 Å². The highest BCUT2D eigenvalue weighted by molar-refractivity contribution is 5.87. The smallest absolute Gasteiger partial charge is 0.338 e. The molecule has 0 amide bonds. The highest BCUT2D eigenvalue weighted by Gasteiger charge is 2.50. The van der Waals surface area contributed by atoms with Gasteiger partial charge in [0.2, 0.25) is 0 Å². The molecular formula is C17H20O9. The highest BCUT2D eigenvalue weighted by Crippen LogP contribution is 2.32. The van der Waals surface area contributed by atoms with Crippen LogP contribution in [0.1, 0.15) is 18.4 Å². The standard InChI is InChI=1S/C17H20O9/c1-25-16(23)17(24)7-12(20)15(22)13(8-17)26-14(21)5-3-9-2-4-10(18)11(19)6-9/h2-6,12-13,15,18-20,22,24H,7-8H2,1H3/t12-,13-,15-,17-/m1/s1. The first-order chi connectivity index (χ1) is 12.2. The number of phenols is 2. The number of hydrogen-bond acceptors (Lipinski definition) is 9. The van der Waals surface area contributed by atoms with Crippen LogP contribution in [0, 0.1) is 0 Å². The molecule has 1 fully saturated rings. The van der Waals surface area contributed by atoms with Crippen LogP contribution in [0.2, 0.25) is 0 Å². The average molecular weight is 368 g/mol. The van der Waals surface area contributed by atoms with Crippen LogP contribution >= 0.6 is 0 Å². The minimum atomic E-state index is -2.08. The van der Waals surface area contributed by atoms with Gasteiger partial charge in [-0.05, 0) is 23.8 Å². The van der Waals surface area contributed by atoms with Gasteiger partial charge in [0.15, 0.2) is 17.1 Å². The fourth-order valence-corrected chi connectivity index (χ4v) is 2.72. The van der Waals surface area contributed by atoms with Crippen LogP contribution in [-0.2, 0) is 19.1 Å². The summed E-state index contributed by atoms with van der Waals surface area (Å²) in [4.78, 5) is 23.6. The Bertz CT molecular complexity index is 714. The zero-order chi connectivity index (χ0) is 19.5. The predicted molar refractivity (Wildman–Crippen MR) is 86.9 cm³/mol. The predicted octanol–water partition coefficient (Wildman–Crippen LogP) is -0.558. The Hall–Kier alpha value is -2.62. The summed E-state index contributed by atoms with van der Waals surface area (Å²) in [5, 5.41) is 48.7. The Morgan fingerprint density at radius 1 is 1.19 bits per heavy atom. The minimum Gasteiger partial charge on any atom is -0.504 e. The lowest BCUT2D eigenvalue weighted by Crippen LogP contribution is -2.57. The third-order valence-corrected chi connectivity index (χ3v) is 4.11. The second-order valence-electron chi connectivity index (χ2n) is 6.05. The lowest BCUT2D eigenvalue weighted by Gasteiger charge is -2.39. The number of phenolic OH excluding ortho intramolecular Hbond substituents is 2. The molecule has 0 spiro atoms. The maximum absolute atomic E-state index is 11.9. The van der Waals surface area contributed by atoms with Gasteiger partial charge in [-0.1, -0.05) is 6.07 Å². The summed E-state index contributed by atoms with van der Waals surface area (Å²) in [6.07, 6.45) is -2.88. The monoisotopic (exact) mass is 368 g/mol. The lowest BCUT2D eigenvalue weighted by atomic mass is 9.79. The van der Waals surface area contributed by atoms with E-state index in [1.54, 1.807) is 0 Å². The number of rotatable bonds is 4. The molecule has 4 atom stereocenters. The first kappa shape index (κ1) is 19.7. The normalized spacial score (nSPS) is 28.7. The Kier molecular flexibility index (Phi) is 5.86. The molecule has 0 unspecified atom stereocenters. The zero-order valence-corrected chi connectivity index (χ0v) is 13.9. The van der Waals surface area contributed by atoms with E-state index in [-0.39, 0.29) is 11.5 Å². The zero-order valence-electron chi connectivity index (χ0n) is 13.9. The van der Waals surface area contributed by atoms with Crippen molar-refractivity contribution >= 4 is 18.0 Å². The van der Waals surface area contributed by atoms with Gasteiger partial charge >= 0.3 is 11.9 Å². The van der Waals surface area contributed by atoms with E-state index in [4.69, 9.17) is 4.74 Å². The summed E-state index contributed by atoms with van der Waals surface area (Å²) in [5.74, 6) is -2.58. The second-order valence-corrected chi connectivity index (χ2v) is 6.05. The van der Waals surface area contributed by atoms with Gasteiger partial charge in [0.25, 0.3) is 0 Å². The maximum atomic E-state index is 11.9. The van der Waals surface area contributed by atoms with Crippen molar-refractivity contribution < 1.29 is 44.6 Å². The summed E-state index contributed by atoms with van der Waals surface area (Å²) in [6, 6.07) is 3.89. The van der Waals surface area contributed by atoms with Gasteiger partial charge in [0.1, 0.15) is 12.2 Å². The summed E-state index contributed by atoms with van der Waals surface area (Å²) >= 11 is 0. The van der Waals surface area contributed by atoms with Crippen LogP contribution in [0.15, 0.2) is 24.3 Å². The number of aliphatic hydroxyl groups excluding tert-OH is 2. The number of benzene rings is 1. The third kappa shape index (κ3) is 4.31. The Morgan fingerprint density at radius 3 is 2.50 bits per heavy atom. The van der Waals surface area contributed by atoms with E-state index < -0.39 is 48.7 Å². The largest absolute Gasteiger partial charge is 0.504 e. The molecule has 2 rings (SSSR count). The van der Waals surface area contributed by atoms with Crippen LogP contribution < -0.4 is 0 Å². The number of aromatic hydroxyl groups is 2. The van der Waals surface area contributed by atoms with E-state index in [9.17, 15) is 35.1 Å². The van der Waals surface area contributed by atoms with Gasteiger partial charge in [-0.25, -0.2) is 9.59 Å². The molecule has 0 bridgehead atoms. The van der Waals surface area contributed by atoms with Gasteiger partial charge in [-0.15, -0.1) is 0 Å². The molecule has 1 aliphatic carbocycles. The quantitative estimate of drug-likeness (QED) is 0.267. The van der Waals surface area contributed by atoms with Gasteiger partial charge in [0, 0.05) is 18.9 Å². The Balaban J connectivity index is 2.07. The number of methoxy groups -OCH3 is 1. The molecule has 26 heavy (non-hydrogen) atoms. The first-order valence-electron chi connectivity index (χ1n) is 7.74. The van der Waals surface area contributed by atoms with E-state index in [1.165, 1.54) is 24.3 Å². The maximum Gasteiger partial charge on any atom is 0.338 e. The van der Waals surface area contributed by atoms with Crippen molar-refractivity contribution in [1.29, 1.82) is 0 Å². The fourth-order valence-electron chi connectivity index (χ4n) is 2.72. The molecule has 1 aromatic rings. The molecule has 0 saturated heterocycles. The molecule has 1 saturated carbocycles. The minimum absolute atomic E-state index is 0.314. The van der Waals surface area contributed by atoms with Crippen molar-refractivity contribution in [2.75, 3.05) is 7.11 Å². The van der Waals surface area contributed by atoms with Crippen LogP contribution in [0.3, 0.4) is 0 Å². The molecule has 1 aromatic carbocycles. The topological polar surface area (TPSA) is 154 Å². The summed E-state index contributed by atoms with van der Waals surface area (Å²) < 4.78 is 9.50. The fraction of sp³-hybridized carbons (Fsp3) is 0.412. The lowest BCUT2D eigenvalue weighted by molar-refractivity contribution is -0.198. The van der Waals surface area contributed by atoms with Crippen molar-refractivity contribution in [3.05, 3.63) is 29.8 Å². The summed E-state index contributed by atoms with van der Waals surface area (Å²) in [5.41, 5.74) is -1.68. The molecule has 142 valence electrons. The van der Waals surface area contributed by atoms with Crippen molar-refractivity contribution in [1.82, 2.24) is 0 Å². The van der Waals surface area contributed by atoms with Crippen molar-refractivity contribution in [2.24, 2.45) is 0 Å². The van der Waals surface area contributed by atoms with Gasteiger partial charge in [0.05, 0.1) is 13.2 Å². The van der Waals surface area contributed by atoms with Crippen LogP contribution in [0.25, 0.3) is 6.08 Å². The molecule has 0 aliphatic heterocycles. The van der Waals surface area contributed by atoms with Gasteiger partial charge in [-0.3, -0.25) is 0 Å². The molecular weight excluding hydrogens is 348 g/mol. The number of ether oxygens (including phenoxy) is 2. The van der Waals surface area contributed by atoms with E-state index in [0.29, 0.717) is 5.56 Å². The summed E-state index contributed by atoms with van der Waals surface area (Å²) in [7, 11) is 1.06. The number of carbonyl (C=O) groups is 2. The number of carbonyl (C=O) groups excluding carboxylic acids is 2. The van der Waals surface area contributed by atoms with E-state index in [2.05, 4.69) is 4.74 Å². The van der Waals surface area contributed by atoms with Crippen LogP contribution in [-0.4, -0.2) is 68.5 Å². The van der Waals surface area contributed by atoms with Gasteiger partial charge in [-0.2, -0.15) is 0 Å². The SMILES string of the molecule is COC(=O)[C@@]1(O)C[C@@H](O)[C@@H](O)[C@H](OC(=O)C=Cc2ccc(O)c(O)c2)C1. The highest BCUT2D eigenvalue weighted by atomic mass is 16.6. The number of hydrogen-bond donors (Lipinski definition) is 5. The Morgan fingerprint density at radius 2 is 1.88 bits per heavy atom.